The van der Waals surface area contributed by atoms with E-state index in [2.05, 4.69) is 34.9 Å². The van der Waals surface area contributed by atoms with Gasteiger partial charge in [-0.05, 0) is 79.7 Å². The minimum absolute atomic E-state index is 0.0362. The maximum absolute atomic E-state index is 12.4. The molecule has 5 aliphatic carbocycles. The van der Waals surface area contributed by atoms with Crippen LogP contribution in [0.2, 0.25) is 0 Å². The molecule has 0 aromatic heterocycles. The maximum atomic E-state index is 12.4. The minimum atomic E-state index is -0.122. The SMILES string of the molecule is NC12CC3CC(C1)C(C1NC(=O)NC14Cc1ccccc1C4)C(C3)C2. The lowest BCUT2D eigenvalue weighted by atomic mass is 9.47. The topological polar surface area (TPSA) is 67.1 Å². The molecule has 25 heavy (non-hydrogen) atoms. The Hall–Kier alpha value is -1.55. The molecule has 4 saturated carbocycles. The summed E-state index contributed by atoms with van der Waals surface area (Å²) in [4.78, 5) is 12.4. The molecule has 6 aliphatic rings. The first-order valence-corrected chi connectivity index (χ1v) is 9.98. The highest BCUT2D eigenvalue weighted by Crippen LogP contribution is 2.59. The Morgan fingerprint density at radius 1 is 1.00 bits per heavy atom. The predicted molar refractivity (Wildman–Crippen MR) is 96.0 cm³/mol. The average molecular weight is 337 g/mol. The van der Waals surface area contributed by atoms with Crippen LogP contribution in [0.3, 0.4) is 0 Å². The Balaban J connectivity index is 1.37. The third kappa shape index (κ3) is 1.95. The highest BCUT2D eigenvalue weighted by molar-refractivity contribution is 5.79. The summed E-state index contributed by atoms with van der Waals surface area (Å²) in [7, 11) is 0. The van der Waals surface area contributed by atoms with Crippen molar-refractivity contribution in [1.29, 1.82) is 0 Å². The van der Waals surface area contributed by atoms with Gasteiger partial charge in [0, 0.05) is 5.54 Å². The van der Waals surface area contributed by atoms with Gasteiger partial charge >= 0.3 is 6.03 Å². The molecule has 1 aliphatic heterocycles. The van der Waals surface area contributed by atoms with E-state index < -0.39 is 0 Å². The Bertz CT molecular complexity index is 718. The van der Waals surface area contributed by atoms with Gasteiger partial charge in [-0.3, -0.25) is 0 Å². The molecule has 1 heterocycles. The van der Waals surface area contributed by atoms with Crippen molar-refractivity contribution < 1.29 is 4.79 Å². The monoisotopic (exact) mass is 337 g/mol. The van der Waals surface area contributed by atoms with Crippen molar-refractivity contribution in [2.24, 2.45) is 29.4 Å². The van der Waals surface area contributed by atoms with Crippen LogP contribution in [-0.4, -0.2) is 23.2 Å². The Labute approximate surface area is 148 Å². The van der Waals surface area contributed by atoms with E-state index in [4.69, 9.17) is 5.73 Å². The van der Waals surface area contributed by atoms with E-state index in [-0.39, 0.29) is 23.2 Å². The summed E-state index contributed by atoms with van der Waals surface area (Å²) in [5.41, 5.74) is 9.51. The van der Waals surface area contributed by atoms with Crippen LogP contribution < -0.4 is 16.4 Å². The second-order valence-electron chi connectivity index (χ2n) is 9.76. The lowest BCUT2D eigenvalue weighted by Crippen LogP contribution is -2.65. The molecule has 7 rings (SSSR count). The molecule has 4 N–H and O–H groups in total. The molecule has 4 heteroatoms. The summed E-state index contributed by atoms with van der Waals surface area (Å²) in [5, 5.41) is 6.73. The molecule has 1 aromatic rings. The summed E-state index contributed by atoms with van der Waals surface area (Å²) >= 11 is 0. The number of benzene rings is 1. The van der Waals surface area contributed by atoms with Gasteiger partial charge in [0.2, 0.25) is 0 Å². The van der Waals surface area contributed by atoms with Gasteiger partial charge in [-0.2, -0.15) is 0 Å². The smallest absolute Gasteiger partial charge is 0.315 e. The summed E-state index contributed by atoms with van der Waals surface area (Å²) in [6.07, 6.45) is 8.17. The van der Waals surface area contributed by atoms with Crippen molar-refractivity contribution in [3.05, 3.63) is 35.4 Å². The lowest BCUT2D eigenvalue weighted by Gasteiger charge is -2.61. The van der Waals surface area contributed by atoms with Crippen LogP contribution in [0.1, 0.15) is 43.2 Å². The first kappa shape index (κ1) is 14.6. The summed E-state index contributed by atoms with van der Waals surface area (Å²) in [6.45, 7) is 0. The van der Waals surface area contributed by atoms with Crippen molar-refractivity contribution in [2.75, 3.05) is 0 Å². The van der Waals surface area contributed by atoms with Crippen LogP contribution in [0.15, 0.2) is 24.3 Å². The van der Waals surface area contributed by atoms with Gasteiger partial charge in [-0.15, -0.1) is 0 Å². The average Bonchev–Trinajstić information content (AvgIpc) is 3.04. The standard InChI is InChI=1S/C21H27N3O/c22-20-7-12-5-15(8-20)17(16(6-12)9-20)18-21(24-19(25)23-18)10-13-3-1-2-4-14(13)11-21/h1-4,12,15-18H,5-11,22H2,(H2,23,24,25). The number of nitrogens with one attached hydrogen (secondary N) is 2. The van der Waals surface area contributed by atoms with Crippen LogP contribution in [-0.2, 0) is 12.8 Å². The number of amides is 2. The molecule has 0 radical (unpaired) electrons. The van der Waals surface area contributed by atoms with Crippen molar-refractivity contribution >= 4 is 6.03 Å². The fourth-order valence-electron chi connectivity index (χ4n) is 7.71. The van der Waals surface area contributed by atoms with E-state index in [1.54, 1.807) is 0 Å². The zero-order chi connectivity index (χ0) is 16.8. The number of rotatable bonds is 1. The first-order chi connectivity index (χ1) is 12.0. The van der Waals surface area contributed by atoms with Gasteiger partial charge in [0.1, 0.15) is 0 Å². The Morgan fingerprint density at radius 2 is 1.64 bits per heavy atom. The van der Waals surface area contributed by atoms with E-state index in [9.17, 15) is 4.79 Å². The number of carbonyl (C=O) groups is 1. The number of hydrogen-bond acceptors (Lipinski definition) is 2. The van der Waals surface area contributed by atoms with E-state index in [0.29, 0.717) is 17.8 Å². The second kappa shape index (κ2) is 4.59. The van der Waals surface area contributed by atoms with Crippen molar-refractivity contribution in [1.82, 2.24) is 10.6 Å². The maximum Gasteiger partial charge on any atom is 0.315 e. The number of fused-ring (bicyclic) bond motifs is 1. The molecule has 3 unspecified atom stereocenters. The van der Waals surface area contributed by atoms with Crippen LogP contribution in [0.25, 0.3) is 0 Å². The molecule has 1 saturated heterocycles. The fourth-order valence-corrected chi connectivity index (χ4v) is 7.71. The third-order valence-electron chi connectivity index (χ3n) is 8.15. The molecule has 1 aromatic carbocycles. The van der Waals surface area contributed by atoms with Crippen molar-refractivity contribution in [3.8, 4) is 0 Å². The highest BCUT2D eigenvalue weighted by Gasteiger charge is 2.61. The van der Waals surface area contributed by atoms with Crippen LogP contribution in [0, 0.1) is 23.7 Å². The molecular formula is C21H27N3O. The number of carbonyl (C=O) groups excluding carboxylic acids is 1. The predicted octanol–water partition coefficient (Wildman–Crippen LogP) is 2.36. The van der Waals surface area contributed by atoms with E-state index in [1.807, 2.05) is 0 Å². The first-order valence-electron chi connectivity index (χ1n) is 9.98. The summed E-state index contributed by atoms with van der Waals surface area (Å²) in [6, 6.07) is 9.01. The Kier molecular flexibility index (Phi) is 2.68. The van der Waals surface area contributed by atoms with Gasteiger partial charge in [0.25, 0.3) is 0 Å². The van der Waals surface area contributed by atoms with Gasteiger partial charge in [0.05, 0.1) is 11.6 Å². The van der Waals surface area contributed by atoms with Crippen LogP contribution in [0.5, 0.6) is 0 Å². The molecule has 3 atom stereocenters. The van der Waals surface area contributed by atoms with E-state index >= 15 is 0 Å². The Morgan fingerprint density at radius 3 is 2.24 bits per heavy atom. The lowest BCUT2D eigenvalue weighted by molar-refractivity contribution is -0.0706. The number of hydrogen-bond donors (Lipinski definition) is 3. The molecule has 4 bridgehead atoms. The number of urea groups is 1. The zero-order valence-corrected chi connectivity index (χ0v) is 14.6. The van der Waals surface area contributed by atoms with Gasteiger partial charge < -0.3 is 16.4 Å². The fraction of sp³-hybridized carbons (Fsp3) is 0.667. The van der Waals surface area contributed by atoms with Gasteiger partial charge in [0.15, 0.2) is 0 Å². The molecule has 132 valence electrons. The zero-order valence-electron chi connectivity index (χ0n) is 14.6. The van der Waals surface area contributed by atoms with Crippen molar-refractivity contribution in [2.45, 2.75) is 62.1 Å². The normalized spacial score (nSPS) is 45.5. The van der Waals surface area contributed by atoms with Crippen LogP contribution in [0.4, 0.5) is 4.79 Å². The minimum Gasteiger partial charge on any atom is -0.333 e. The molecule has 2 amide bonds. The summed E-state index contributed by atoms with van der Waals surface area (Å²) < 4.78 is 0. The largest absolute Gasteiger partial charge is 0.333 e. The summed E-state index contributed by atoms with van der Waals surface area (Å²) in [5.74, 6) is 2.83. The van der Waals surface area contributed by atoms with Crippen LogP contribution >= 0.6 is 0 Å². The van der Waals surface area contributed by atoms with Gasteiger partial charge in [-0.1, -0.05) is 24.3 Å². The highest BCUT2D eigenvalue weighted by atomic mass is 16.2. The van der Waals surface area contributed by atoms with Gasteiger partial charge in [-0.25, -0.2) is 4.79 Å². The van der Waals surface area contributed by atoms with Crippen molar-refractivity contribution in [3.63, 3.8) is 0 Å². The quantitative estimate of drug-likeness (QED) is 0.736. The molecule has 4 nitrogen and oxygen atoms in total. The third-order valence-corrected chi connectivity index (χ3v) is 8.15. The number of nitrogens with two attached hydrogens (primary N) is 1. The molecule has 5 fully saturated rings. The second-order valence-corrected chi connectivity index (χ2v) is 9.76. The van der Waals surface area contributed by atoms with E-state index in [1.165, 1.54) is 43.2 Å². The van der Waals surface area contributed by atoms with E-state index in [0.717, 1.165) is 18.8 Å². The molecular weight excluding hydrogens is 310 g/mol. The molecule has 1 spiro atoms.